The largest absolute Gasteiger partial charge is 0.494 e. The average molecular weight is 315 g/mol. The number of nitrogens with one attached hydrogen (secondary N) is 2. The van der Waals surface area contributed by atoms with Gasteiger partial charge in [-0.25, -0.2) is 5.10 Å². The van der Waals surface area contributed by atoms with Crippen LogP contribution in [-0.2, 0) is 9.59 Å². The third kappa shape index (κ3) is 3.31. The first kappa shape index (κ1) is 15.0. The fourth-order valence-corrected chi connectivity index (χ4v) is 2.51. The number of anilines is 2. The number of rotatable bonds is 5. The number of nitrogens with zero attached hydrogens (tertiary/aromatic N) is 3. The van der Waals surface area contributed by atoms with Crippen LogP contribution in [0.5, 0.6) is 5.75 Å². The van der Waals surface area contributed by atoms with Crippen LogP contribution < -0.4 is 15.0 Å². The van der Waals surface area contributed by atoms with E-state index in [2.05, 4.69) is 20.5 Å². The molecule has 1 aromatic heterocycles. The number of ether oxygens (including phenoxy) is 1. The molecule has 1 atom stereocenters. The number of carbonyl (C=O) groups excluding carboxylic acids is 2. The molecule has 1 unspecified atom stereocenters. The van der Waals surface area contributed by atoms with Crippen LogP contribution in [0.2, 0.25) is 0 Å². The summed E-state index contributed by atoms with van der Waals surface area (Å²) in [6.45, 7) is 2.84. The van der Waals surface area contributed by atoms with E-state index in [9.17, 15) is 9.59 Å². The zero-order valence-electron chi connectivity index (χ0n) is 12.7. The average Bonchev–Trinajstić information content (AvgIpc) is 3.18. The highest BCUT2D eigenvalue weighted by Crippen LogP contribution is 2.27. The highest BCUT2D eigenvalue weighted by molar-refractivity contribution is 6.03. The van der Waals surface area contributed by atoms with E-state index in [4.69, 9.17) is 4.74 Å². The van der Waals surface area contributed by atoms with Crippen LogP contribution in [0.15, 0.2) is 30.6 Å². The van der Waals surface area contributed by atoms with Crippen LogP contribution in [0.25, 0.3) is 0 Å². The Kier molecular flexibility index (Phi) is 4.22. The molecule has 2 N–H and O–H groups in total. The first-order valence-corrected chi connectivity index (χ1v) is 7.37. The Labute approximate surface area is 132 Å². The van der Waals surface area contributed by atoms with E-state index in [1.165, 1.54) is 6.33 Å². The van der Waals surface area contributed by atoms with Gasteiger partial charge in [-0.3, -0.25) is 14.9 Å². The van der Waals surface area contributed by atoms with Crippen molar-refractivity contribution in [2.45, 2.75) is 13.3 Å². The molecule has 23 heavy (non-hydrogen) atoms. The molecule has 0 saturated carbocycles. The molecule has 0 bridgehead atoms. The molecule has 1 aliphatic rings. The SMILES string of the molecule is CCOc1ccc(N2CC(C(=O)Nc3ncn[nH]3)CC2=O)cc1. The van der Waals surface area contributed by atoms with Crippen LogP contribution in [0.4, 0.5) is 11.6 Å². The van der Waals surface area contributed by atoms with Crippen LogP contribution in [0.1, 0.15) is 13.3 Å². The molecule has 1 aromatic carbocycles. The lowest BCUT2D eigenvalue weighted by Gasteiger charge is -2.17. The number of aromatic amines is 1. The predicted octanol–water partition coefficient (Wildman–Crippen LogP) is 1.19. The summed E-state index contributed by atoms with van der Waals surface area (Å²) < 4.78 is 5.38. The van der Waals surface area contributed by atoms with Gasteiger partial charge in [-0.1, -0.05) is 0 Å². The van der Waals surface area contributed by atoms with Crippen molar-refractivity contribution in [3.63, 3.8) is 0 Å². The summed E-state index contributed by atoms with van der Waals surface area (Å²) in [5.41, 5.74) is 0.758. The second-order valence-electron chi connectivity index (χ2n) is 5.16. The third-order valence-corrected chi connectivity index (χ3v) is 3.61. The summed E-state index contributed by atoms with van der Waals surface area (Å²) in [6.07, 6.45) is 1.48. The third-order valence-electron chi connectivity index (χ3n) is 3.61. The van der Waals surface area contributed by atoms with Gasteiger partial charge in [0.1, 0.15) is 12.1 Å². The van der Waals surface area contributed by atoms with Crippen LogP contribution in [-0.4, -0.2) is 40.1 Å². The zero-order chi connectivity index (χ0) is 16.2. The minimum Gasteiger partial charge on any atom is -0.494 e. The van der Waals surface area contributed by atoms with Crippen molar-refractivity contribution in [1.29, 1.82) is 0 Å². The summed E-state index contributed by atoms with van der Waals surface area (Å²) in [5, 5.41) is 8.84. The van der Waals surface area contributed by atoms with Gasteiger partial charge in [-0.05, 0) is 31.2 Å². The number of H-pyrrole nitrogens is 1. The molecule has 0 aliphatic carbocycles. The van der Waals surface area contributed by atoms with Gasteiger partial charge < -0.3 is 9.64 Å². The number of hydrogen-bond donors (Lipinski definition) is 2. The van der Waals surface area contributed by atoms with E-state index in [0.717, 1.165) is 11.4 Å². The summed E-state index contributed by atoms with van der Waals surface area (Å²) in [4.78, 5) is 29.8. The summed E-state index contributed by atoms with van der Waals surface area (Å²) in [7, 11) is 0. The first-order chi connectivity index (χ1) is 11.2. The Bertz CT molecular complexity index is 684. The van der Waals surface area contributed by atoms with Crippen molar-refractivity contribution in [2.75, 3.05) is 23.4 Å². The molecule has 120 valence electrons. The molecule has 0 spiro atoms. The molecule has 1 fully saturated rings. The number of hydrogen-bond acceptors (Lipinski definition) is 5. The normalized spacial score (nSPS) is 17.3. The van der Waals surface area contributed by atoms with Gasteiger partial charge in [-0.15, -0.1) is 0 Å². The molecule has 2 heterocycles. The lowest BCUT2D eigenvalue weighted by Crippen LogP contribution is -2.28. The van der Waals surface area contributed by atoms with Crippen LogP contribution in [0.3, 0.4) is 0 Å². The summed E-state index contributed by atoms with van der Waals surface area (Å²) in [5.74, 6) is 0.291. The van der Waals surface area contributed by atoms with E-state index in [-0.39, 0.29) is 24.2 Å². The molecule has 3 rings (SSSR count). The fourth-order valence-electron chi connectivity index (χ4n) is 2.51. The number of benzene rings is 1. The Morgan fingerprint density at radius 2 is 2.22 bits per heavy atom. The van der Waals surface area contributed by atoms with Gasteiger partial charge in [0.15, 0.2) is 0 Å². The van der Waals surface area contributed by atoms with Crippen LogP contribution >= 0.6 is 0 Å². The molecular weight excluding hydrogens is 298 g/mol. The lowest BCUT2D eigenvalue weighted by atomic mass is 10.1. The van der Waals surface area contributed by atoms with Crippen molar-refractivity contribution in [3.8, 4) is 5.75 Å². The summed E-state index contributed by atoms with van der Waals surface area (Å²) in [6, 6.07) is 7.27. The van der Waals surface area contributed by atoms with Crippen molar-refractivity contribution in [2.24, 2.45) is 5.92 Å². The van der Waals surface area contributed by atoms with Crippen molar-refractivity contribution < 1.29 is 14.3 Å². The topological polar surface area (TPSA) is 100 Å². The maximum absolute atomic E-state index is 12.2. The molecular formula is C15H17N5O3. The predicted molar refractivity (Wildman–Crippen MR) is 83.1 cm³/mol. The maximum atomic E-state index is 12.2. The van der Waals surface area contributed by atoms with Crippen molar-refractivity contribution in [1.82, 2.24) is 15.2 Å². The monoisotopic (exact) mass is 315 g/mol. The molecule has 0 radical (unpaired) electrons. The minimum atomic E-state index is -0.417. The standard InChI is InChI=1S/C15H17N5O3/c1-2-23-12-5-3-11(4-6-12)20-8-10(7-13(20)21)14(22)18-15-16-9-17-19-15/h3-6,9-10H,2,7-8H2,1H3,(H2,16,17,18,19,22). The smallest absolute Gasteiger partial charge is 0.232 e. The maximum Gasteiger partial charge on any atom is 0.232 e. The number of amides is 2. The highest BCUT2D eigenvalue weighted by Gasteiger charge is 2.35. The van der Waals surface area contributed by atoms with Gasteiger partial charge in [0.05, 0.1) is 12.5 Å². The molecule has 2 aromatic rings. The Morgan fingerprint density at radius 3 is 2.87 bits per heavy atom. The number of carbonyl (C=O) groups is 2. The second-order valence-corrected chi connectivity index (χ2v) is 5.16. The summed E-state index contributed by atoms with van der Waals surface area (Å²) >= 11 is 0. The van der Waals surface area contributed by atoms with Gasteiger partial charge in [-0.2, -0.15) is 10.1 Å². The zero-order valence-corrected chi connectivity index (χ0v) is 12.7. The molecule has 1 saturated heterocycles. The van der Waals surface area contributed by atoms with Crippen molar-refractivity contribution in [3.05, 3.63) is 30.6 Å². The lowest BCUT2D eigenvalue weighted by molar-refractivity contribution is -0.122. The van der Waals surface area contributed by atoms with Crippen LogP contribution in [0, 0.1) is 5.92 Å². The molecule has 2 amide bonds. The van der Waals surface area contributed by atoms with E-state index in [0.29, 0.717) is 13.2 Å². The van der Waals surface area contributed by atoms with Gasteiger partial charge in [0.25, 0.3) is 0 Å². The van der Waals surface area contributed by atoms with Gasteiger partial charge in [0, 0.05) is 18.7 Å². The van der Waals surface area contributed by atoms with Crippen molar-refractivity contribution >= 4 is 23.5 Å². The van der Waals surface area contributed by atoms with E-state index in [1.54, 1.807) is 4.90 Å². The van der Waals surface area contributed by atoms with Gasteiger partial charge in [0.2, 0.25) is 17.8 Å². The fraction of sp³-hybridized carbons (Fsp3) is 0.333. The molecule has 8 nitrogen and oxygen atoms in total. The quantitative estimate of drug-likeness (QED) is 0.863. The van der Waals surface area contributed by atoms with Gasteiger partial charge >= 0.3 is 0 Å². The molecule has 1 aliphatic heterocycles. The Morgan fingerprint density at radius 1 is 1.43 bits per heavy atom. The molecule has 8 heteroatoms. The highest BCUT2D eigenvalue weighted by atomic mass is 16.5. The Balaban J connectivity index is 1.66. The van der Waals surface area contributed by atoms with E-state index in [1.807, 2.05) is 31.2 Å². The second kappa shape index (κ2) is 6.47. The number of aromatic nitrogens is 3. The van der Waals surface area contributed by atoms with E-state index >= 15 is 0 Å². The first-order valence-electron chi connectivity index (χ1n) is 7.37. The minimum absolute atomic E-state index is 0.0770. The van der Waals surface area contributed by atoms with E-state index < -0.39 is 5.92 Å². The Hall–Kier alpha value is -2.90.